The highest BCUT2D eigenvalue weighted by Crippen LogP contribution is 2.56. The number of hydrogen-bond acceptors (Lipinski definition) is 0. The van der Waals surface area contributed by atoms with Crippen LogP contribution in [0.3, 0.4) is 0 Å². The topological polar surface area (TPSA) is 0 Å². The molecular formula is C35H25Br. The Morgan fingerprint density at radius 1 is 0.583 bits per heavy atom. The molecule has 2 unspecified atom stereocenters. The van der Waals surface area contributed by atoms with Gasteiger partial charge in [-0.2, -0.15) is 0 Å². The molecule has 0 N–H and O–H groups in total. The standard InChI is InChI=1S/C35H25Br/c1-22-20-26(18-19-31(22)36)30-21-29(23-10-4-2-5-11-23)34-27-16-8-14-24-15-9-17-28(32(24)27)35(34)33(30)25-12-6-3-7-13-25/h2-22,31H,1H3. The van der Waals surface area contributed by atoms with Crippen molar-refractivity contribution in [2.45, 2.75) is 11.8 Å². The van der Waals surface area contributed by atoms with Crippen molar-refractivity contribution in [2.24, 2.45) is 5.92 Å². The first kappa shape index (κ1) is 21.6. The number of benzene rings is 5. The van der Waals surface area contributed by atoms with Crippen molar-refractivity contribution in [2.75, 3.05) is 0 Å². The van der Waals surface area contributed by atoms with Gasteiger partial charge in [-0.15, -0.1) is 0 Å². The Kier molecular flexibility index (Phi) is 5.08. The smallest absolute Gasteiger partial charge is 0.0389 e. The summed E-state index contributed by atoms with van der Waals surface area (Å²) in [5.74, 6) is 0.419. The fourth-order valence-corrected chi connectivity index (χ4v) is 6.25. The van der Waals surface area contributed by atoms with Crippen molar-refractivity contribution in [3.63, 3.8) is 0 Å². The summed E-state index contributed by atoms with van der Waals surface area (Å²) in [6.07, 6.45) is 7.01. The largest absolute Gasteiger partial charge is 0.0839 e. The van der Waals surface area contributed by atoms with Crippen LogP contribution in [-0.2, 0) is 0 Å². The van der Waals surface area contributed by atoms with E-state index in [0.717, 1.165) is 0 Å². The van der Waals surface area contributed by atoms with Crippen molar-refractivity contribution in [3.8, 4) is 44.5 Å². The maximum Gasteiger partial charge on any atom is 0.0389 e. The molecule has 0 nitrogen and oxygen atoms in total. The molecule has 0 bridgehead atoms. The van der Waals surface area contributed by atoms with Gasteiger partial charge in [-0.1, -0.05) is 138 Å². The van der Waals surface area contributed by atoms with Gasteiger partial charge < -0.3 is 0 Å². The molecule has 2 aliphatic rings. The van der Waals surface area contributed by atoms with Gasteiger partial charge >= 0.3 is 0 Å². The number of alkyl halides is 1. The van der Waals surface area contributed by atoms with E-state index in [4.69, 9.17) is 0 Å². The molecule has 0 saturated heterocycles. The Hall–Kier alpha value is -3.68. The molecule has 0 radical (unpaired) electrons. The lowest BCUT2D eigenvalue weighted by Crippen LogP contribution is -2.09. The molecule has 0 saturated carbocycles. The zero-order valence-corrected chi connectivity index (χ0v) is 21.7. The third-order valence-electron chi connectivity index (χ3n) is 7.63. The van der Waals surface area contributed by atoms with E-state index in [0.29, 0.717) is 10.7 Å². The number of halogens is 1. The van der Waals surface area contributed by atoms with Gasteiger partial charge in [0.05, 0.1) is 0 Å². The lowest BCUT2D eigenvalue weighted by Gasteiger charge is -2.24. The van der Waals surface area contributed by atoms with Crippen molar-refractivity contribution >= 4 is 32.3 Å². The van der Waals surface area contributed by atoms with Crippen LogP contribution in [0.15, 0.2) is 121 Å². The average molecular weight is 525 g/mol. The molecule has 5 aromatic carbocycles. The fourth-order valence-electron chi connectivity index (χ4n) is 5.95. The maximum absolute atomic E-state index is 3.83. The molecule has 7 rings (SSSR count). The van der Waals surface area contributed by atoms with Crippen molar-refractivity contribution in [3.05, 3.63) is 127 Å². The summed E-state index contributed by atoms with van der Waals surface area (Å²) in [5.41, 5.74) is 13.1. The Morgan fingerprint density at radius 3 is 1.89 bits per heavy atom. The van der Waals surface area contributed by atoms with E-state index in [2.05, 4.69) is 144 Å². The fraction of sp³-hybridized carbons (Fsp3) is 0.0857. The second-order valence-corrected chi connectivity index (χ2v) is 10.9. The van der Waals surface area contributed by atoms with Crippen LogP contribution in [0.1, 0.15) is 12.5 Å². The van der Waals surface area contributed by atoms with E-state index in [9.17, 15) is 0 Å². The quantitative estimate of drug-likeness (QED) is 0.202. The number of hydrogen-bond donors (Lipinski definition) is 0. The van der Waals surface area contributed by atoms with E-state index in [1.807, 2.05) is 0 Å². The first-order chi connectivity index (χ1) is 17.7. The van der Waals surface area contributed by atoms with E-state index >= 15 is 0 Å². The first-order valence-corrected chi connectivity index (χ1v) is 13.5. The monoisotopic (exact) mass is 524 g/mol. The lowest BCUT2D eigenvalue weighted by atomic mass is 9.80. The van der Waals surface area contributed by atoms with Crippen LogP contribution in [0.25, 0.3) is 60.9 Å². The van der Waals surface area contributed by atoms with Crippen LogP contribution >= 0.6 is 15.9 Å². The Balaban J connectivity index is 1.66. The highest BCUT2D eigenvalue weighted by Gasteiger charge is 2.30. The van der Waals surface area contributed by atoms with Crippen molar-refractivity contribution in [1.82, 2.24) is 0 Å². The van der Waals surface area contributed by atoms with Gasteiger partial charge in [0.25, 0.3) is 0 Å². The van der Waals surface area contributed by atoms with Gasteiger partial charge in [-0.3, -0.25) is 0 Å². The Bertz CT molecular complexity index is 1680. The average Bonchev–Trinajstić information content (AvgIpc) is 3.27. The summed E-state index contributed by atoms with van der Waals surface area (Å²) < 4.78 is 0. The predicted molar refractivity (Wildman–Crippen MR) is 158 cm³/mol. The molecule has 2 atom stereocenters. The molecule has 0 amide bonds. The summed E-state index contributed by atoms with van der Waals surface area (Å²) >= 11 is 3.83. The van der Waals surface area contributed by atoms with Gasteiger partial charge in [-0.25, -0.2) is 0 Å². The molecule has 0 aliphatic heterocycles. The minimum Gasteiger partial charge on any atom is -0.0839 e. The van der Waals surface area contributed by atoms with Gasteiger partial charge in [0.1, 0.15) is 0 Å². The Morgan fingerprint density at radius 2 is 1.22 bits per heavy atom. The number of rotatable bonds is 3. The second kappa shape index (κ2) is 8.47. The van der Waals surface area contributed by atoms with Crippen LogP contribution in [0.5, 0.6) is 0 Å². The zero-order valence-electron chi connectivity index (χ0n) is 20.1. The van der Waals surface area contributed by atoms with Crippen LogP contribution < -0.4 is 0 Å². The van der Waals surface area contributed by atoms with Crippen molar-refractivity contribution in [1.29, 1.82) is 0 Å². The van der Waals surface area contributed by atoms with E-state index in [1.54, 1.807) is 0 Å². The summed E-state index contributed by atoms with van der Waals surface area (Å²) in [4.78, 5) is 0.363. The van der Waals surface area contributed by atoms with E-state index < -0.39 is 0 Å². The molecule has 0 heterocycles. The summed E-state index contributed by atoms with van der Waals surface area (Å²) in [5, 5.41) is 2.66. The molecule has 172 valence electrons. The van der Waals surface area contributed by atoms with Crippen molar-refractivity contribution < 1.29 is 0 Å². The third-order valence-corrected chi connectivity index (χ3v) is 8.77. The Labute approximate surface area is 220 Å². The van der Waals surface area contributed by atoms with Crippen LogP contribution in [0.4, 0.5) is 0 Å². The van der Waals surface area contributed by atoms with Gasteiger partial charge in [-0.05, 0) is 78.4 Å². The minimum atomic E-state index is 0.363. The summed E-state index contributed by atoms with van der Waals surface area (Å²) in [7, 11) is 0. The van der Waals surface area contributed by atoms with Crippen LogP contribution in [-0.4, -0.2) is 4.83 Å². The highest BCUT2D eigenvalue weighted by molar-refractivity contribution is 9.09. The van der Waals surface area contributed by atoms with E-state index in [1.165, 1.54) is 66.4 Å². The third kappa shape index (κ3) is 3.27. The zero-order chi connectivity index (χ0) is 24.2. The molecule has 0 fully saturated rings. The normalized spacial score (nSPS) is 17.8. The first-order valence-electron chi connectivity index (χ1n) is 12.6. The van der Waals surface area contributed by atoms with Crippen LogP contribution in [0.2, 0.25) is 0 Å². The molecule has 36 heavy (non-hydrogen) atoms. The molecule has 2 aliphatic carbocycles. The van der Waals surface area contributed by atoms with E-state index in [-0.39, 0.29) is 0 Å². The number of allylic oxidation sites excluding steroid dienone is 4. The second-order valence-electron chi connectivity index (χ2n) is 9.82. The molecule has 1 heteroatoms. The summed E-state index contributed by atoms with van der Waals surface area (Å²) in [6, 6.07) is 37.7. The minimum absolute atomic E-state index is 0.363. The molecule has 0 spiro atoms. The predicted octanol–water partition coefficient (Wildman–Crippen LogP) is 10.2. The molecule has 5 aromatic rings. The van der Waals surface area contributed by atoms with Crippen LogP contribution in [0, 0.1) is 5.92 Å². The van der Waals surface area contributed by atoms with Gasteiger partial charge in [0, 0.05) is 4.83 Å². The van der Waals surface area contributed by atoms with Gasteiger partial charge in [0.15, 0.2) is 0 Å². The lowest BCUT2D eigenvalue weighted by molar-refractivity contribution is 0.765. The highest BCUT2D eigenvalue weighted by atomic mass is 79.9. The number of fused-ring (bicyclic) bond motifs is 3. The molecule has 0 aromatic heterocycles. The summed E-state index contributed by atoms with van der Waals surface area (Å²) in [6.45, 7) is 2.28. The van der Waals surface area contributed by atoms with Gasteiger partial charge in [0.2, 0.25) is 0 Å². The SMILES string of the molecule is CC1C=C(c2cc(-c3ccccc3)c3c(c2-c2ccccc2)-c2cccc4cccc-3c24)C=CC1Br. The molecular weight excluding hydrogens is 500 g/mol. The maximum atomic E-state index is 3.83.